The lowest BCUT2D eigenvalue weighted by molar-refractivity contribution is -0.149. The van der Waals surface area contributed by atoms with Gasteiger partial charge in [0.2, 0.25) is 6.79 Å². The summed E-state index contributed by atoms with van der Waals surface area (Å²) in [4.78, 5) is 46.5. The molecule has 0 atom stereocenters. The third kappa shape index (κ3) is 11.1. The van der Waals surface area contributed by atoms with Gasteiger partial charge in [-0.25, -0.2) is 19.2 Å². The minimum absolute atomic E-state index is 0.00824. The first kappa shape index (κ1) is 33.0. The molecule has 42 heavy (non-hydrogen) atoms. The maximum Gasteiger partial charge on any atom is 0.343 e. The summed E-state index contributed by atoms with van der Waals surface area (Å²) in [6.45, 7) is 11.4. The molecular formula is C32H32O10. The topological polar surface area (TPSA) is 124 Å². The second-order valence-corrected chi connectivity index (χ2v) is 8.69. The molecule has 3 aromatic rings. The SMILES string of the molecule is C=C(C)C(=O)OCOC.C=C(C)C(=O)OCOc1ccc(C(=O)Oc2ccc(OC(=O)c3ccccc3)c(C)c2)cc1. The molecule has 3 aromatic carbocycles. The van der Waals surface area contributed by atoms with E-state index >= 15 is 0 Å². The maximum absolute atomic E-state index is 12.4. The van der Waals surface area contributed by atoms with E-state index in [-0.39, 0.29) is 19.2 Å². The highest BCUT2D eigenvalue weighted by Gasteiger charge is 2.13. The fourth-order valence-electron chi connectivity index (χ4n) is 2.90. The standard InChI is InChI=1S/C26H22O7.C6H10O3/c1-17(2)24(27)31-16-30-21-11-9-20(10-12-21)25(28)32-22-13-14-23(18(3)15-22)33-26(29)19-7-5-4-6-8-19;1-5(2)6(7)9-4-8-3/h4-15H,1,16H2,2-3H3;1,4H2,2-3H3. The van der Waals surface area contributed by atoms with Crippen LogP contribution in [-0.4, -0.2) is 44.6 Å². The maximum atomic E-state index is 12.4. The van der Waals surface area contributed by atoms with Gasteiger partial charge in [-0.2, -0.15) is 0 Å². The zero-order chi connectivity index (χ0) is 31.1. The highest BCUT2D eigenvalue weighted by Crippen LogP contribution is 2.25. The third-order valence-corrected chi connectivity index (χ3v) is 5.08. The Morgan fingerprint density at radius 2 is 1.19 bits per heavy atom. The van der Waals surface area contributed by atoms with Gasteiger partial charge < -0.3 is 28.4 Å². The van der Waals surface area contributed by atoms with Crippen LogP contribution in [0.15, 0.2) is 97.1 Å². The highest BCUT2D eigenvalue weighted by atomic mass is 16.7. The van der Waals surface area contributed by atoms with Crippen LogP contribution in [0.25, 0.3) is 0 Å². The second-order valence-electron chi connectivity index (χ2n) is 8.69. The predicted octanol–water partition coefficient (Wildman–Crippen LogP) is 5.60. The van der Waals surface area contributed by atoms with E-state index in [0.29, 0.717) is 39.5 Å². The molecule has 0 heterocycles. The number of carbonyl (C=O) groups is 4. The molecule has 0 saturated heterocycles. The van der Waals surface area contributed by atoms with E-state index in [1.165, 1.54) is 26.2 Å². The first-order chi connectivity index (χ1) is 20.0. The van der Waals surface area contributed by atoms with Gasteiger partial charge in [0.05, 0.1) is 11.1 Å². The van der Waals surface area contributed by atoms with Gasteiger partial charge in [-0.1, -0.05) is 31.4 Å². The van der Waals surface area contributed by atoms with Crippen molar-refractivity contribution in [3.8, 4) is 17.2 Å². The summed E-state index contributed by atoms with van der Waals surface area (Å²) in [6.07, 6.45) is 0. The third-order valence-electron chi connectivity index (χ3n) is 5.08. The Bertz CT molecular complexity index is 1410. The minimum atomic E-state index is -0.566. The van der Waals surface area contributed by atoms with Crippen LogP contribution in [0.3, 0.4) is 0 Å². The number of hydrogen-bond acceptors (Lipinski definition) is 10. The van der Waals surface area contributed by atoms with Crippen LogP contribution in [0.4, 0.5) is 0 Å². The minimum Gasteiger partial charge on any atom is -0.457 e. The van der Waals surface area contributed by atoms with Crippen LogP contribution in [0.5, 0.6) is 17.2 Å². The van der Waals surface area contributed by atoms with E-state index < -0.39 is 23.9 Å². The Balaban J connectivity index is 0.000000592. The molecule has 0 saturated carbocycles. The Morgan fingerprint density at radius 3 is 1.74 bits per heavy atom. The van der Waals surface area contributed by atoms with Crippen LogP contribution < -0.4 is 14.2 Å². The second kappa shape index (κ2) is 16.8. The first-order valence-electron chi connectivity index (χ1n) is 12.5. The highest BCUT2D eigenvalue weighted by molar-refractivity contribution is 5.92. The Labute approximate surface area is 244 Å². The van der Waals surface area contributed by atoms with E-state index in [1.807, 2.05) is 6.07 Å². The van der Waals surface area contributed by atoms with Crippen LogP contribution in [0.2, 0.25) is 0 Å². The van der Waals surface area contributed by atoms with Crippen molar-refractivity contribution in [3.63, 3.8) is 0 Å². The molecule has 0 unspecified atom stereocenters. The monoisotopic (exact) mass is 576 g/mol. The van der Waals surface area contributed by atoms with Crippen molar-refractivity contribution in [3.05, 3.63) is 114 Å². The van der Waals surface area contributed by atoms with Crippen LogP contribution in [-0.2, 0) is 23.8 Å². The van der Waals surface area contributed by atoms with Crippen molar-refractivity contribution >= 4 is 23.9 Å². The molecule has 220 valence electrons. The van der Waals surface area contributed by atoms with Crippen molar-refractivity contribution in [1.29, 1.82) is 0 Å². The van der Waals surface area contributed by atoms with Gasteiger partial charge in [0.25, 0.3) is 0 Å². The molecule has 10 nitrogen and oxygen atoms in total. The number of rotatable bonds is 11. The number of esters is 4. The van der Waals surface area contributed by atoms with Crippen molar-refractivity contribution in [2.45, 2.75) is 20.8 Å². The molecule has 0 spiro atoms. The van der Waals surface area contributed by atoms with Gasteiger partial charge in [-0.3, -0.25) is 0 Å². The zero-order valence-electron chi connectivity index (χ0n) is 23.8. The number of methoxy groups -OCH3 is 1. The fraction of sp³-hybridized carbons (Fsp3) is 0.188. The Morgan fingerprint density at radius 1 is 0.667 bits per heavy atom. The van der Waals surface area contributed by atoms with Gasteiger partial charge in [-0.15, -0.1) is 0 Å². The number of hydrogen-bond donors (Lipinski definition) is 0. The molecule has 0 fully saturated rings. The van der Waals surface area contributed by atoms with Crippen molar-refractivity contribution in [2.24, 2.45) is 0 Å². The average molecular weight is 577 g/mol. The summed E-state index contributed by atoms with van der Waals surface area (Å²) >= 11 is 0. The van der Waals surface area contributed by atoms with Crippen LogP contribution >= 0.6 is 0 Å². The van der Waals surface area contributed by atoms with Crippen molar-refractivity contribution in [2.75, 3.05) is 20.7 Å². The average Bonchev–Trinajstić information content (AvgIpc) is 2.98. The van der Waals surface area contributed by atoms with Crippen LogP contribution in [0.1, 0.15) is 40.1 Å². The molecular weight excluding hydrogens is 544 g/mol. The van der Waals surface area contributed by atoms with Gasteiger partial charge >= 0.3 is 23.9 Å². The van der Waals surface area contributed by atoms with Crippen molar-refractivity contribution < 1.29 is 47.6 Å². The summed E-state index contributed by atoms with van der Waals surface area (Å²) in [5, 5.41) is 0. The lowest BCUT2D eigenvalue weighted by atomic mass is 10.2. The smallest absolute Gasteiger partial charge is 0.343 e. The normalized spacial score (nSPS) is 9.81. The van der Waals surface area contributed by atoms with E-state index in [9.17, 15) is 19.2 Å². The Hall–Kier alpha value is -5.22. The number of aryl methyl sites for hydroxylation is 1. The van der Waals surface area contributed by atoms with Crippen LogP contribution in [0, 0.1) is 6.92 Å². The molecule has 0 amide bonds. The zero-order valence-corrected chi connectivity index (χ0v) is 23.8. The molecule has 0 bridgehead atoms. The lowest BCUT2D eigenvalue weighted by Crippen LogP contribution is -2.11. The van der Waals surface area contributed by atoms with Gasteiger partial charge in [0.15, 0.2) is 6.79 Å². The molecule has 0 radical (unpaired) electrons. The van der Waals surface area contributed by atoms with Gasteiger partial charge in [0.1, 0.15) is 17.2 Å². The van der Waals surface area contributed by atoms with Gasteiger partial charge in [0, 0.05) is 18.3 Å². The summed E-state index contributed by atoms with van der Waals surface area (Å²) in [7, 11) is 1.45. The van der Waals surface area contributed by atoms with E-state index in [1.54, 1.807) is 68.4 Å². The largest absolute Gasteiger partial charge is 0.457 e. The molecule has 3 rings (SSSR count). The summed E-state index contributed by atoms with van der Waals surface area (Å²) < 4.78 is 29.9. The summed E-state index contributed by atoms with van der Waals surface area (Å²) in [5.41, 5.74) is 2.03. The molecule has 0 aliphatic carbocycles. The van der Waals surface area contributed by atoms with E-state index in [4.69, 9.17) is 18.9 Å². The quantitative estimate of drug-likeness (QED) is 0.123. The van der Waals surface area contributed by atoms with Crippen molar-refractivity contribution in [1.82, 2.24) is 0 Å². The predicted molar refractivity (Wildman–Crippen MR) is 153 cm³/mol. The first-order valence-corrected chi connectivity index (χ1v) is 12.5. The number of carbonyl (C=O) groups excluding carboxylic acids is 4. The molecule has 0 N–H and O–H groups in total. The molecule has 0 aliphatic rings. The molecule has 0 aliphatic heterocycles. The fourth-order valence-corrected chi connectivity index (χ4v) is 2.90. The lowest BCUT2D eigenvalue weighted by Gasteiger charge is -2.10. The van der Waals surface area contributed by atoms with Gasteiger partial charge in [-0.05, 0) is 80.9 Å². The molecule has 0 aromatic heterocycles. The summed E-state index contributed by atoms with van der Waals surface area (Å²) in [5.74, 6) is -0.907. The number of ether oxygens (including phenoxy) is 6. The molecule has 10 heteroatoms. The Kier molecular flexibility index (Phi) is 13.2. The summed E-state index contributed by atoms with van der Waals surface area (Å²) in [6, 6.07) is 19.6. The van der Waals surface area contributed by atoms with E-state index in [0.717, 1.165) is 0 Å². The van der Waals surface area contributed by atoms with E-state index in [2.05, 4.69) is 22.6 Å². The number of benzene rings is 3.